The van der Waals surface area contributed by atoms with Crippen molar-refractivity contribution in [3.63, 3.8) is 0 Å². The van der Waals surface area contributed by atoms with Crippen molar-refractivity contribution < 1.29 is 23.9 Å². The number of aromatic nitrogens is 1. The second-order valence-electron chi connectivity index (χ2n) is 6.81. The summed E-state index contributed by atoms with van der Waals surface area (Å²) < 4.78 is 13.2. The number of rotatable bonds is 5. The quantitative estimate of drug-likeness (QED) is 0.513. The third-order valence-corrected chi connectivity index (χ3v) is 5.51. The summed E-state index contributed by atoms with van der Waals surface area (Å²) in [6, 6.07) is 3.52. The third-order valence-electron chi connectivity index (χ3n) is 4.89. The Morgan fingerprint density at radius 3 is 2.50 bits per heavy atom. The minimum Gasteiger partial charge on any atom is -0.462 e. The standard InChI is InChI=1S/C20H23BrN2O5/c1-4-27-20(26)19-14-9-18(28-12(2)24)15(21)10-16(14)22(3)17(19)11-23-7-5-13(25)6-8-23/h9-10H,4-8,11H2,1-3H3. The topological polar surface area (TPSA) is 77.8 Å². The van der Waals surface area contributed by atoms with Crippen molar-refractivity contribution in [1.29, 1.82) is 0 Å². The van der Waals surface area contributed by atoms with Crippen LogP contribution in [0, 0.1) is 0 Å². The van der Waals surface area contributed by atoms with Crippen LogP contribution < -0.4 is 4.74 Å². The van der Waals surface area contributed by atoms with Crippen molar-refractivity contribution in [2.75, 3.05) is 19.7 Å². The number of hydrogen-bond acceptors (Lipinski definition) is 6. The Bertz CT molecular complexity index is 940. The molecule has 1 aliphatic rings. The molecule has 28 heavy (non-hydrogen) atoms. The second-order valence-corrected chi connectivity index (χ2v) is 7.66. The average Bonchev–Trinajstić information content (AvgIpc) is 2.89. The molecule has 0 saturated carbocycles. The summed E-state index contributed by atoms with van der Waals surface area (Å²) in [5, 5.41) is 0.670. The Morgan fingerprint density at radius 2 is 1.89 bits per heavy atom. The van der Waals surface area contributed by atoms with E-state index in [0.717, 1.165) is 11.2 Å². The van der Waals surface area contributed by atoms with Crippen LogP contribution in [0.25, 0.3) is 10.9 Å². The van der Waals surface area contributed by atoms with Crippen LogP contribution in [-0.2, 0) is 27.9 Å². The number of likely N-dealkylation sites (tertiary alicyclic amines) is 1. The van der Waals surface area contributed by atoms with E-state index in [0.29, 0.717) is 53.6 Å². The fourth-order valence-corrected chi connectivity index (χ4v) is 3.92. The van der Waals surface area contributed by atoms with Crippen LogP contribution >= 0.6 is 15.9 Å². The first-order valence-electron chi connectivity index (χ1n) is 9.22. The highest BCUT2D eigenvalue weighted by Crippen LogP contribution is 2.36. The van der Waals surface area contributed by atoms with Crippen LogP contribution in [0.15, 0.2) is 16.6 Å². The fourth-order valence-electron chi connectivity index (χ4n) is 3.51. The number of halogens is 1. The van der Waals surface area contributed by atoms with Gasteiger partial charge in [-0.25, -0.2) is 4.79 Å². The lowest BCUT2D eigenvalue weighted by Gasteiger charge is -2.26. The molecule has 1 aromatic heterocycles. The number of ether oxygens (including phenoxy) is 2. The van der Waals surface area contributed by atoms with E-state index >= 15 is 0 Å². The number of hydrogen-bond donors (Lipinski definition) is 0. The smallest absolute Gasteiger partial charge is 0.340 e. The van der Waals surface area contributed by atoms with E-state index in [-0.39, 0.29) is 12.4 Å². The summed E-state index contributed by atoms with van der Waals surface area (Å²) in [5.41, 5.74) is 2.11. The summed E-state index contributed by atoms with van der Waals surface area (Å²) in [4.78, 5) is 37.9. The van der Waals surface area contributed by atoms with Crippen LogP contribution in [0.1, 0.15) is 42.7 Å². The van der Waals surface area contributed by atoms with E-state index < -0.39 is 11.9 Å². The van der Waals surface area contributed by atoms with Crippen molar-refractivity contribution in [1.82, 2.24) is 9.47 Å². The normalized spacial score (nSPS) is 15.1. The number of Topliss-reactive ketones (excluding diaryl/α,β-unsaturated/α-hetero) is 1. The zero-order valence-electron chi connectivity index (χ0n) is 16.2. The molecule has 0 spiro atoms. The molecule has 0 N–H and O–H groups in total. The van der Waals surface area contributed by atoms with E-state index in [1.165, 1.54) is 6.92 Å². The van der Waals surface area contributed by atoms with Crippen LogP contribution in [-0.4, -0.2) is 46.9 Å². The minimum absolute atomic E-state index is 0.264. The summed E-state index contributed by atoms with van der Waals surface area (Å²) in [7, 11) is 1.90. The monoisotopic (exact) mass is 450 g/mol. The number of piperidine rings is 1. The first kappa shape index (κ1) is 20.5. The van der Waals surface area contributed by atoms with Gasteiger partial charge in [0.1, 0.15) is 11.5 Å². The number of carbonyl (C=O) groups is 3. The van der Waals surface area contributed by atoms with Crippen LogP contribution in [0.5, 0.6) is 5.75 Å². The molecule has 2 heterocycles. The highest BCUT2D eigenvalue weighted by atomic mass is 79.9. The maximum Gasteiger partial charge on any atom is 0.340 e. The SMILES string of the molecule is CCOC(=O)c1c(CN2CCC(=O)CC2)n(C)c2cc(Br)c(OC(C)=O)cc12. The number of nitrogens with zero attached hydrogens (tertiary/aromatic N) is 2. The Hall–Kier alpha value is -2.19. The number of benzene rings is 1. The van der Waals surface area contributed by atoms with Crippen molar-refractivity contribution in [3.8, 4) is 5.75 Å². The summed E-state index contributed by atoms with van der Waals surface area (Å²) in [6.45, 7) is 5.24. The maximum absolute atomic E-state index is 12.8. The second kappa shape index (κ2) is 8.45. The lowest BCUT2D eigenvalue weighted by atomic mass is 10.1. The van der Waals surface area contributed by atoms with Gasteiger partial charge in [-0.2, -0.15) is 0 Å². The third kappa shape index (κ3) is 4.12. The van der Waals surface area contributed by atoms with Crippen molar-refractivity contribution in [2.45, 2.75) is 33.2 Å². The number of fused-ring (bicyclic) bond motifs is 1. The number of esters is 2. The molecule has 1 saturated heterocycles. The van der Waals surface area contributed by atoms with Crippen molar-refractivity contribution >= 4 is 44.6 Å². The van der Waals surface area contributed by atoms with Gasteiger partial charge in [0, 0.05) is 57.5 Å². The van der Waals surface area contributed by atoms with E-state index in [1.807, 2.05) is 17.7 Å². The van der Waals surface area contributed by atoms with E-state index in [2.05, 4.69) is 20.8 Å². The molecule has 0 atom stereocenters. The molecule has 150 valence electrons. The van der Waals surface area contributed by atoms with Gasteiger partial charge >= 0.3 is 11.9 Å². The molecule has 7 nitrogen and oxygen atoms in total. The summed E-state index contributed by atoms with van der Waals surface area (Å²) >= 11 is 3.43. The van der Waals surface area contributed by atoms with Gasteiger partial charge in [0.15, 0.2) is 0 Å². The maximum atomic E-state index is 12.8. The molecule has 0 radical (unpaired) electrons. The number of aryl methyl sites for hydroxylation is 1. The highest BCUT2D eigenvalue weighted by molar-refractivity contribution is 9.10. The molecule has 1 fully saturated rings. The van der Waals surface area contributed by atoms with E-state index in [1.54, 1.807) is 13.0 Å². The molecule has 1 aromatic carbocycles. The van der Waals surface area contributed by atoms with E-state index in [9.17, 15) is 14.4 Å². The Labute approximate surface area is 171 Å². The summed E-state index contributed by atoms with van der Waals surface area (Å²) in [5.74, 6) is -0.223. The van der Waals surface area contributed by atoms with Gasteiger partial charge in [-0.05, 0) is 35.0 Å². The molecule has 8 heteroatoms. The predicted molar refractivity (Wildman–Crippen MR) is 107 cm³/mol. The highest BCUT2D eigenvalue weighted by Gasteiger charge is 2.26. The Balaban J connectivity index is 2.11. The number of carbonyl (C=O) groups excluding carboxylic acids is 3. The van der Waals surface area contributed by atoms with Crippen LogP contribution in [0.3, 0.4) is 0 Å². The zero-order valence-corrected chi connectivity index (χ0v) is 17.8. The van der Waals surface area contributed by atoms with Crippen molar-refractivity contribution in [2.24, 2.45) is 7.05 Å². The Kier molecular flexibility index (Phi) is 6.20. The molecule has 2 aromatic rings. The van der Waals surface area contributed by atoms with Crippen LogP contribution in [0.4, 0.5) is 0 Å². The van der Waals surface area contributed by atoms with Gasteiger partial charge in [0.25, 0.3) is 0 Å². The molecule has 0 unspecified atom stereocenters. The fraction of sp³-hybridized carbons (Fsp3) is 0.450. The first-order chi connectivity index (χ1) is 13.3. The van der Waals surface area contributed by atoms with Crippen LogP contribution in [0.2, 0.25) is 0 Å². The van der Waals surface area contributed by atoms with Gasteiger partial charge in [-0.1, -0.05) is 0 Å². The average molecular weight is 451 g/mol. The molecule has 0 aliphatic carbocycles. The molecular weight excluding hydrogens is 428 g/mol. The lowest BCUT2D eigenvalue weighted by Crippen LogP contribution is -2.34. The predicted octanol–water partition coefficient (Wildman–Crippen LogP) is 3.21. The Morgan fingerprint density at radius 1 is 1.21 bits per heavy atom. The van der Waals surface area contributed by atoms with E-state index in [4.69, 9.17) is 9.47 Å². The zero-order chi connectivity index (χ0) is 20.4. The molecule has 0 bridgehead atoms. The molecule has 0 amide bonds. The lowest BCUT2D eigenvalue weighted by molar-refractivity contribution is -0.132. The largest absolute Gasteiger partial charge is 0.462 e. The first-order valence-corrected chi connectivity index (χ1v) is 10.0. The molecular formula is C20H23BrN2O5. The van der Waals surface area contributed by atoms with Gasteiger partial charge in [-0.15, -0.1) is 0 Å². The summed E-state index contributed by atoms with van der Waals surface area (Å²) in [6.07, 6.45) is 1.06. The molecule has 1 aliphatic heterocycles. The van der Waals surface area contributed by atoms with Gasteiger partial charge < -0.3 is 14.0 Å². The van der Waals surface area contributed by atoms with Gasteiger partial charge in [0.05, 0.1) is 22.2 Å². The molecule has 3 rings (SSSR count). The minimum atomic E-state index is -0.438. The number of ketones is 1. The van der Waals surface area contributed by atoms with Gasteiger partial charge in [-0.3, -0.25) is 14.5 Å². The van der Waals surface area contributed by atoms with Gasteiger partial charge in [0.2, 0.25) is 0 Å². The van der Waals surface area contributed by atoms with Crippen molar-refractivity contribution in [3.05, 3.63) is 27.9 Å².